The average molecular weight is 248 g/mol. The molecule has 5 nitrogen and oxygen atoms in total. The fraction of sp³-hybridized carbons (Fsp3) is 0.462. The Labute approximate surface area is 105 Å². The molecular weight excluding hydrogens is 232 g/mol. The lowest BCUT2D eigenvalue weighted by molar-refractivity contribution is -0.134. The highest BCUT2D eigenvalue weighted by Crippen LogP contribution is 2.10. The highest BCUT2D eigenvalue weighted by Gasteiger charge is 2.21. The first-order valence-corrected chi connectivity index (χ1v) is 6.12. The Balaban J connectivity index is 1.78. The summed E-state index contributed by atoms with van der Waals surface area (Å²) < 4.78 is 0. The van der Waals surface area contributed by atoms with Gasteiger partial charge in [-0.3, -0.25) is 14.4 Å². The van der Waals surface area contributed by atoms with Gasteiger partial charge in [0.2, 0.25) is 5.91 Å². The van der Waals surface area contributed by atoms with Crippen molar-refractivity contribution in [2.45, 2.75) is 25.7 Å². The zero-order chi connectivity index (χ0) is 13.0. The van der Waals surface area contributed by atoms with Crippen LogP contribution in [-0.4, -0.2) is 40.4 Å². The maximum atomic E-state index is 11.8. The van der Waals surface area contributed by atoms with Crippen LogP contribution in [0.2, 0.25) is 0 Å². The van der Waals surface area contributed by atoms with Crippen molar-refractivity contribution >= 4 is 17.5 Å². The molecule has 2 rings (SSSR count). The normalized spacial score (nSPS) is 15.8. The number of ketones is 2. The topological polar surface area (TPSA) is 70.2 Å². The molecule has 0 atom stereocenters. The zero-order valence-electron chi connectivity index (χ0n) is 10.1. The smallest absolute Gasteiger partial charge is 0.223 e. The standard InChI is InChI=1S/C13H16N2O3/c16-11-4-7-15(8-5-11)13(18)2-1-12(17)10-3-6-14-9-10/h3,6,9,14H,1-2,4-5,7-8H2. The molecular formula is C13H16N2O3. The van der Waals surface area contributed by atoms with Gasteiger partial charge in [0, 0.05) is 56.7 Å². The van der Waals surface area contributed by atoms with Crippen LogP contribution in [-0.2, 0) is 9.59 Å². The number of hydrogen-bond acceptors (Lipinski definition) is 3. The van der Waals surface area contributed by atoms with Crippen LogP contribution in [0.15, 0.2) is 18.5 Å². The van der Waals surface area contributed by atoms with E-state index in [4.69, 9.17) is 0 Å². The minimum absolute atomic E-state index is 0.0299. The maximum absolute atomic E-state index is 11.8. The van der Waals surface area contributed by atoms with Gasteiger partial charge in [-0.15, -0.1) is 0 Å². The minimum Gasteiger partial charge on any atom is -0.367 e. The van der Waals surface area contributed by atoms with Crippen molar-refractivity contribution < 1.29 is 14.4 Å². The molecule has 0 aromatic carbocycles. The van der Waals surface area contributed by atoms with Gasteiger partial charge in [0.25, 0.3) is 0 Å². The van der Waals surface area contributed by atoms with E-state index in [1.165, 1.54) is 0 Å². The van der Waals surface area contributed by atoms with Gasteiger partial charge in [0.1, 0.15) is 5.78 Å². The number of aromatic amines is 1. The molecule has 1 aliphatic rings. The Morgan fingerprint density at radius 2 is 1.94 bits per heavy atom. The third-order valence-corrected chi connectivity index (χ3v) is 3.16. The van der Waals surface area contributed by atoms with Gasteiger partial charge in [-0.2, -0.15) is 0 Å². The summed E-state index contributed by atoms with van der Waals surface area (Å²) in [7, 11) is 0. The number of likely N-dealkylation sites (tertiary alicyclic amines) is 1. The molecule has 1 saturated heterocycles. The molecule has 1 aromatic rings. The number of Topliss-reactive ketones (excluding diaryl/α,β-unsaturated/α-hetero) is 2. The van der Waals surface area contributed by atoms with Crippen molar-refractivity contribution in [2.24, 2.45) is 0 Å². The van der Waals surface area contributed by atoms with Gasteiger partial charge in [-0.1, -0.05) is 0 Å². The Bertz CT molecular complexity index is 441. The first-order chi connectivity index (χ1) is 8.66. The van der Waals surface area contributed by atoms with Crippen molar-refractivity contribution in [2.75, 3.05) is 13.1 Å². The van der Waals surface area contributed by atoms with Crippen molar-refractivity contribution in [3.8, 4) is 0 Å². The first kappa shape index (κ1) is 12.5. The van der Waals surface area contributed by atoms with Gasteiger partial charge in [0.05, 0.1) is 0 Å². The predicted octanol–water partition coefficient (Wildman–Crippen LogP) is 1.17. The number of carbonyl (C=O) groups is 3. The lowest BCUT2D eigenvalue weighted by Crippen LogP contribution is -2.38. The van der Waals surface area contributed by atoms with Crippen LogP contribution >= 0.6 is 0 Å². The molecule has 2 heterocycles. The number of nitrogens with one attached hydrogen (secondary N) is 1. The second kappa shape index (κ2) is 5.62. The number of hydrogen-bond donors (Lipinski definition) is 1. The van der Waals surface area contributed by atoms with Crippen LogP contribution in [0.5, 0.6) is 0 Å². The summed E-state index contributed by atoms with van der Waals surface area (Å²) in [5.74, 6) is 0.145. The molecule has 1 N–H and O–H groups in total. The highest BCUT2D eigenvalue weighted by molar-refractivity contribution is 5.97. The van der Waals surface area contributed by atoms with E-state index in [0.717, 1.165) is 0 Å². The van der Waals surface area contributed by atoms with Crippen molar-refractivity contribution in [3.63, 3.8) is 0 Å². The largest absolute Gasteiger partial charge is 0.367 e. The molecule has 1 amide bonds. The van der Waals surface area contributed by atoms with Crippen LogP contribution in [0.4, 0.5) is 0 Å². The number of aromatic nitrogens is 1. The lowest BCUT2D eigenvalue weighted by Gasteiger charge is -2.25. The van der Waals surface area contributed by atoms with E-state index in [1.807, 2.05) is 0 Å². The summed E-state index contributed by atoms with van der Waals surface area (Å²) >= 11 is 0. The number of nitrogens with zero attached hydrogens (tertiary/aromatic N) is 1. The molecule has 0 aliphatic carbocycles. The second-order valence-electron chi connectivity index (χ2n) is 4.44. The molecule has 0 bridgehead atoms. The van der Waals surface area contributed by atoms with Gasteiger partial charge in [0.15, 0.2) is 5.78 Å². The molecule has 1 aliphatic heterocycles. The number of H-pyrrole nitrogens is 1. The summed E-state index contributed by atoms with van der Waals surface area (Å²) in [6, 6.07) is 1.70. The number of amides is 1. The molecule has 18 heavy (non-hydrogen) atoms. The SMILES string of the molecule is O=C1CCN(C(=O)CCC(=O)c2cc[nH]c2)CC1. The summed E-state index contributed by atoms with van der Waals surface area (Å²) in [6.07, 6.45) is 4.64. The van der Waals surface area contributed by atoms with Crippen LogP contribution in [0.1, 0.15) is 36.0 Å². The monoisotopic (exact) mass is 248 g/mol. The first-order valence-electron chi connectivity index (χ1n) is 6.12. The van der Waals surface area contributed by atoms with E-state index in [9.17, 15) is 14.4 Å². The highest BCUT2D eigenvalue weighted by atomic mass is 16.2. The van der Waals surface area contributed by atoms with Gasteiger partial charge in [-0.05, 0) is 6.07 Å². The van der Waals surface area contributed by atoms with E-state index < -0.39 is 0 Å². The number of carbonyl (C=O) groups excluding carboxylic acids is 3. The minimum atomic E-state index is -0.0358. The van der Waals surface area contributed by atoms with Crippen molar-refractivity contribution in [3.05, 3.63) is 24.0 Å². The molecule has 0 spiro atoms. The van der Waals surface area contributed by atoms with Crippen molar-refractivity contribution in [1.82, 2.24) is 9.88 Å². The molecule has 1 fully saturated rings. The van der Waals surface area contributed by atoms with Crippen LogP contribution in [0, 0.1) is 0 Å². The van der Waals surface area contributed by atoms with Crippen LogP contribution < -0.4 is 0 Å². The summed E-state index contributed by atoms with van der Waals surface area (Å²) in [5.41, 5.74) is 0.608. The van der Waals surface area contributed by atoms with E-state index in [0.29, 0.717) is 31.5 Å². The molecule has 96 valence electrons. The van der Waals surface area contributed by atoms with Crippen LogP contribution in [0.3, 0.4) is 0 Å². The average Bonchev–Trinajstić information content (AvgIpc) is 2.90. The molecule has 0 saturated carbocycles. The number of rotatable bonds is 4. The van der Waals surface area contributed by atoms with Gasteiger partial charge < -0.3 is 9.88 Å². The summed E-state index contributed by atoms with van der Waals surface area (Å²) in [6.45, 7) is 0.992. The summed E-state index contributed by atoms with van der Waals surface area (Å²) in [4.78, 5) is 39.1. The number of piperidine rings is 1. The lowest BCUT2D eigenvalue weighted by atomic mass is 10.1. The van der Waals surface area contributed by atoms with Crippen molar-refractivity contribution in [1.29, 1.82) is 0 Å². The van der Waals surface area contributed by atoms with E-state index in [-0.39, 0.29) is 30.3 Å². The molecule has 0 unspecified atom stereocenters. The van der Waals surface area contributed by atoms with Gasteiger partial charge in [-0.25, -0.2) is 0 Å². The quantitative estimate of drug-likeness (QED) is 0.813. The van der Waals surface area contributed by atoms with E-state index in [2.05, 4.69) is 4.98 Å². The molecule has 5 heteroatoms. The van der Waals surface area contributed by atoms with Gasteiger partial charge >= 0.3 is 0 Å². The Morgan fingerprint density at radius 1 is 1.22 bits per heavy atom. The fourth-order valence-electron chi connectivity index (χ4n) is 2.03. The fourth-order valence-corrected chi connectivity index (χ4v) is 2.03. The third kappa shape index (κ3) is 3.06. The van der Waals surface area contributed by atoms with E-state index >= 15 is 0 Å². The predicted molar refractivity (Wildman–Crippen MR) is 65.2 cm³/mol. The molecule has 0 radical (unpaired) electrons. The summed E-state index contributed by atoms with van der Waals surface area (Å²) in [5, 5.41) is 0. The third-order valence-electron chi connectivity index (χ3n) is 3.16. The van der Waals surface area contributed by atoms with E-state index in [1.54, 1.807) is 23.4 Å². The second-order valence-corrected chi connectivity index (χ2v) is 4.44. The van der Waals surface area contributed by atoms with Crippen LogP contribution in [0.25, 0.3) is 0 Å². The zero-order valence-corrected chi connectivity index (χ0v) is 10.1. The Kier molecular flexibility index (Phi) is 3.92. The molecule has 1 aromatic heterocycles. The maximum Gasteiger partial charge on any atom is 0.223 e. The Hall–Kier alpha value is -1.91. The Morgan fingerprint density at radius 3 is 2.56 bits per heavy atom.